The molecule has 0 saturated carbocycles. The van der Waals surface area contributed by atoms with Crippen LogP contribution in [0.25, 0.3) is 31.3 Å². The summed E-state index contributed by atoms with van der Waals surface area (Å²) in [5, 5.41) is 20.5. The number of nitrogens with zero attached hydrogens (tertiary/aromatic N) is 9. The van der Waals surface area contributed by atoms with Crippen LogP contribution in [0.2, 0.25) is 0 Å². The van der Waals surface area contributed by atoms with E-state index in [-0.39, 0.29) is 46.1 Å². The van der Waals surface area contributed by atoms with E-state index in [1.807, 2.05) is 0 Å². The molecular weight excluding hydrogens is 682 g/mol. The largest absolute Gasteiger partial charge is 0.396 e. The minimum Gasteiger partial charge on any atom is -0.396 e. The summed E-state index contributed by atoms with van der Waals surface area (Å²) in [6, 6.07) is 0. The van der Waals surface area contributed by atoms with Crippen molar-refractivity contribution in [2.45, 2.75) is 0 Å². The van der Waals surface area contributed by atoms with Crippen LogP contribution in [0.1, 0.15) is 0 Å². The van der Waals surface area contributed by atoms with Gasteiger partial charge in [-0.1, -0.05) is 15.3 Å². The summed E-state index contributed by atoms with van der Waals surface area (Å²) in [6.45, 7) is 8.87. The van der Waals surface area contributed by atoms with Gasteiger partial charge in [0.1, 0.15) is 0 Å². The molecule has 1 N–H and O–H groups in total. The Morgan fingerprint density at radius 1 is 0.333 bits per heavy atom. The van der Waals surface area contributed by atoms with Crippen LogP contribution < -0.4 is 0 Å². The number of ether oxygens (including phenoxy) is 12. The van der Waals surface area contributed by atoms with Crippen molar-refractivity contribution < 1.29 is 61.9 Å². The lowest BCUT2D eigenvalue weighted by Gasteiger charge is -2.31. The Morgan fingerprint density at radius 3 is 0.725 bits per heavy atom. The minimum absolute atomic E-state index is 0.176. The Balaban J connectivity index is 4.24. The van der Waals surface area contributed by atoms with E-state index in [0.29, 0.717) is 139 Å². The first-order valence-corrected chi connectivity index (χ1v) is 16.8. The third-order valence-electron chi connectivity index (χ3n) is 6.10. The van der Waals surface area contributed by atoms with Crippen LogP contribution in [0.3, 0.4) is 0 Å². The number of azide groups is 3. The van der Waals surface area contributed by atoms with E-state index in [1.165, 1.54) is 0 Å². The Bertz CT molecular complexity index is 791. The van der Waals surface area contributed by atoms with Crippen molar-refractivity contribution in [1.82, 2.24) is 0 Å². The van der Waals surface area contributed by atoms with Gasteiger partial charge in [0.05, 0.1) is 171 Å². The minimum atomic E-state index is -0.814. The molecule has 0 aliphatic carbocycles. The predicted molar refractivity (Wildman–Crippen MR) is 181 cm³/mol. The van der Waals surface area contributed by atoms with Crippen molar-refractivity contribution in [3.05, 3.63) is 31.3 Å². The standard InChI is InChI=1S/C29H57N9O13/c30-36-33-1-4-40-7-10-43-13-16-46-19-22-49-26-29(25-39,27-50-23-20-47-17-14-44-11-8-41-5-2-34-37-31)28-51-24-21-48-18-15-45-12-9-42-6-3-35-38-32/h39H,1-28H2. The molecular formula is C29H57N9O13. The van der Waals surface area contributed by atoms with Crippen molar-refractivity contribution in [1.29, 1.82) is 0 Å². The highest BCUT2D eigenvalue weighted by molar-refractivity contribution is 4.78. The van der Waals surface area contributed by atoms with Crippen LogP contribution in [0.5, 0.6) is 0 Å². The van der Waals surface area contributed by atoms with Crippen molar-refractivity contribution in [2.75, 3.05) is 185 Å². The second-order valence-electron chi connectivity index (χ2n) is 10.2. The SMILES string of the molecule is [N-]=[N+]=NCCOCCOCCOCCOCC(CO)(COCCOCCOCCOCCN=[N+]=[N-])COCCOCCOCCOCCN=[N+]=[N-]. The molecule has 0 radical (unpaired) electrons. The lowest BCUT2D eigenvalue weighted by molar-refractivity contribution is -0.108. The van der Waals surface area contributed by atoms with Crippen LogP contribution in [-0.2, 0) is 56.8 Å². The van der Waals surface area contributed by atoms with Gasteiger partial charge in [-0.2, -0.15) is 0 Å². The number of hydrogen-bond acceptors (Lipinski definition) is 16. The summed E-state index contributed by atoms with van der Waals surface area (Å²) >= 11 is 0. The van der Waals surface area contributed by atoms with E-state index in [9.17, 15) is 5.11 Å². The molecule has 0 aliphatic rings. The van der Waals surface area contributed by atoms with Gasteiger partial charge in [0, 0.05) is 34.4 Å². The second kappa shape index (κ2) is 41.8. The van der Waals surface area contributed by atoms with Gasteiger partial charge in [-0.05, 0) is 16.6 Å². The first kappa shape index (κ1) is 48.4. The Labute approximate surface area is 299 Å². The van der Waals surface area contributed by atoms with Crippen LogP contribution in [0, 0.1) is 5.41 Å². The fourth-order valence-electron chi connectivity index (χ4n) is 3.56. The van der Waals surface area contributed by atoms with E-state index >= 15 is 0 Å². The van der Waals surface area contributed by atoms with Crippen LogP contribution in [0.15, 0.2) is 15.3 Å². The lowest BCUT2D eigenvalue weighted by atomic mass is 9.92. The molecule has 0 aliphatic heterocycles. The lowest BCUT2D eigenvalue weighted by Crippen LogP contribution is -2.41. The molecule has 0 unspecified atom stereocenters. The smallest absolute Gasteiger partial charge is 0.0701 e. The van der Waals surface area contributed by atoms with E-state index in [0.717, 1.165) is 0 Å². The quantitative estimate of drug-likeness (QED) is 0.0406. The van der Waals surface area contributed by atoms with E-state index in [4.69, 9.17) is 73.4 Å². The zero-order chi connectivity index (χ0) is 37.0. The molecule has 0 spiro atoms. The number of hydrogen-bond donors (Lipinski definition) is 1. The van der Waals surface area contributed by atoms with Gasteiger partial charge >= 0.3 is 0 Å². The summed E-state index contributed by atoms with van der Waals surface area (Å²) in [4.78, 5) is 7.95. The maximum absolute atomic E-state index is 10.3. The fourth-order valence-corrected chi connectivity index (χ4v) is 3.56. The van der Waals surface area contributed by atoms with Gasteiger partial charge in [-0.3, -0.25) is 0 Å². The molecule has 0 atom stereocenters. The zero-order valence-electron chi connectivity index (χ0n) is 29.7. The average Bonchev–Trinajstić information content (AvgIpc) is 3.14. The van der Waals surface area contributed by atoms with Crippen LogP contribution in [-0.4, -0.2) is 190 Å². The van der Waals surface area contributed by atoms with Gasteiger partial charge in [0.25, 0.3) is 0 Å². The van der Waals surface area contributed by atoms with Crippen molar-refractivity contribution in [3.63, 3.8) is 0 Å². The van der Waals surface area contributed by atoms with E-state index < -0.39 is 5.41 Å². The molecule has 22 nitrogen and oxygen atoms in total. The molecule has 0 rings (SSSR count). The van der Waals surface area contributed by atoms with E-state index in [2.05, 4.69) is 30.1 Å². The molecule has 51 heavy (non-hydrogen) atoms. The third-order valence-corrected chi connectivity index (χ3v) is 6.10. The third kappa shape index (κ3) is 37.0. The molecule has 0 saturated heterocycles. The van der Waals surface area contributed by atoms with Crippen molar-refractivity contribution >= 4 is 0 Å². The number of aliphatic hydroxyl groups is 1. The topological polar surface area (TPSA) is 277 Å². The molecule has 0 fully saturated rings. The average molecular weight is 740 g/mol. The highest BCUT2D eigenvalue weighted by Crippen LogP contribution is 2.19. The highest BCUT2D eigenvalue weighted by atomic mass is 16.6. The molecule has 0 heterocycles. The van der Waals surface area contributed by atoms with E-state index in [1.54, 1.807) is 0 Å². The maximum Gasteiger partial charge on any atom is 0.0701 e. The zero-order valence-corrected chi connectivity index (χ0v) is 29.7. The predicted octanol–water partition coefficient (Wildman–Crippen LogP) is 2.10. The van der Waals surface area contributed by atoms with Gasteiger partial charge in [0.15, 0.2) is 0 Å². The summed E-state index contributed by atoms with van der Waals surface area (Å²) in [6.07, 6.45) is 0. The Morgan fingerprint density at radius 2 is 0.529 bits per heavy atom. The number of rotatable bonds is 43. The highest BCUT2D eigenvalue weighted by Gasteiger charge is 2.31. The molecule has 296 valence electrons. The van der Waals surface area contributed by atoms with Crippen LogP contribution >= 0.6 is 0 Å². The van der Waals surface area contributed by atoms with Gasteiger partial charge in [-0.25, -0.2) is 0 Å². The molecule has 0 aromatic rings. The normalized spacial score (nSPS) is 12.2. The first-order chi connectivity index (χ1) is 25.2. The number of aliphatic hydroxyl groups excluding tert-OH is 1. The molecule has 0 aromatic heterocycles. The summed E-state index contributed by atoms with van der Waals surface area (Å²) < 4.78 is 66.1. The molecule has 22 heteroatoms. The summed E-state index contributed by atoms with van der Waals surface area (Å²) in [7, 11) is 0. The molecule has 0 amide bonds. The van der Waals surface area contributed by atoms with Crippen molar-refractivity contribution in [3.8, 4) is 0 Å². The van der Waals surface area contributed by atoms with Gasteiger partial charge in [0.2, 0.25) is 0 Å². The second-order valence-corrected chi connectivity index (χ2v) is 10.2. The Hall–Kier alpha value is -2.59. The molecule has 0 bridgehead atoms. The Kier molecular flexibility index (Phi) is 39.7. The van der Waals surface area contributed by atoms with Crippen molar-refractivity contribution in [2.24, 2.45) is 20.8 Å². The van der Waals surface area contributed by atoms with Crippen LogP contribution in [0.4, 0.5) is 0 Å². The maximum atomic E-state index is 10.3. The summed E-state index contributed by atoms with van der Waals surface area (Å²) in [5.41, 5.74) is 23.8. The first-order valence-electron chi connectivity index (χ1n) is 16.8. The van der Waals surface area contributed by atoms with Gasteiger partial charge < -0.3 is 61.9 Å². The monoisotopic (exact) mass is 739 g/mol. The van der Waals surface area contributed by atoms with Gasteiger partial charge in [-0.15, -0.1) is 0 Å². The summed E-state index contributed by atoms with van der Waals surface area (Å²) in [5.74, 6) is 0. The fraction of sp³-hybridized carbons (Fsp3) is 1.00. The molecule has 0 aromatic carbocycles.